The molecule has 0 saturated carbocycles. The van der Waals surface area contributed by atoms with Crippen molar-refractivity contribution in [3.05, 3.63) is 114 Å². The molecule has 2 fully saturated rings. The standard InChI is InChI=1S/C36H42O5SSi/c1-36(2,3)43(4,5)41-32-31-30(24-38-34(40-31)27-15-8-6-9-16-27)39-35(42-29-18-10-7-11-19-29)33(32)37-23-25-20-21-26-14-12-13-17-28(26)22-25/h6-22,30-35H,23-24H2,1-5H3/t30-,31-,32+,33+,34?,35-/m1/s1. The van der Waals surface area contributed by atoms with Crippen molar-refractivity contribution in [2.45, 2.75) is 86.5 Å². The van der Waals surface area contributed by atoms with Gasteiger partial charge in [-0.1, -0.05) is 117 Å². The zero-order valence-corrected chi connectivity index (χ0v) is 27.5. The fraction of sp³-hybridized carbons (Fsp3) is 0.389. The van der Waals surface area contributed by atoms with Crippen molar-refractivity contribution in [2.75, 3.05) is 6.61 Å². The molecule has 2 heterocycles. The van der Waals surface area contributed by atoms with Crippen molar-refractivity contribution >= 4 is 30.9 Å². The van der Waals surface area contributed by atoms with Crippen LogP contribution in [0.25, 0.3) is 10.8 Å². The Bertz CT molecular complexity index is 1490. The topological polar surface area (TPSA) is 46.2 Å². The van der Waals surface area contributed by atoms with E-state index in [4.69, 9.17) is 23.4 Å². The lowest BCUT2D eigenvalue weighted by atomic mass is 9.98. The van der Waals surface area contributed by atoms with Gasteiger partial charge in [-0.25, -0.2) is 0 Å². The van der Waals surface area contributed by atoms with Crippen LogP contribution < -0.4 is 0 Å². The minimum absolute atomic E-state index is 0.00969. The van der Waals surface area contributed by atoms with Gasteiger partial charge in [0.25, 0.3) is 0 Å². The second-order valence-electron chi connectivity index (χ2n) is 13.0. The summed E-state index contributed by atoms with van der Waals surface area (Å²) in [6, 6.07) is 35.4. The monoisotopic (exact) mass is 614 g/mol. The molecule has 6 atom stereocenters. The van der Waals surface area contributed by atoms with Crippen molar-refractivity contribution in [3.8, 4) is 0 Å². The van der Waals surface area contributed by atoms with Crippen LogP contribution in [-0.2, 0) is 30.0 Å². The minimum Gasteiger partial charge on any atom is -0.408 e. The number of ether oxygens (including phenoxy) is 4. The molecule has 4 aromatic carbocycles. The first-order valence-electron chi connectivity index (χ1n) is 15.1. The first-order chi connectivity index (χ1) is 20.7. The fourth-order valence-electron chi connectivity index (χ4n) is 5.40. The molecule has 0 aromatic heterocycles. The van der Waals surface area contributed by atoms with Crippen molar-refractivity contribution in [3.63, 3.8) is 0 Å². The summed E-state index contributed by atoms with van der Waals surface area (Å²) >= 11 is 1.68. The van der Waals surface area contributed by atoms with Gasteiger partial charge in [-0.3, -0.25) is 0 Å². The van der Waals surface area contributed by atoms with Crippen LogP contribution in [0.3, 0.4) is 0 Å². The van der Waals surface area contributed by atoms with Gasteiger partial charge in [0.1, 0.15) is 29.9 Å². The zero-order chi connectivity index (χ0) is 30.0. The van der Waals surface area contributed by atoms with E-state index in [9.17, 15) is 0 Å². The normalized spacial score (nSPS) is 26.3. The summed E-state index contributed by atoms with van der Waals surface area (Å²) in [6.45, 7) is 12.3. The molecule has 2 aliphatic rings. The van der Waals surface area contributed by atoms with Gasteiger partial charge in [0.05, 0.1) is 13.2 Å². The molecule has 1 unspecified atom stereocenters. The summed E-state index contributed by atoms with van der Waals surface area (Å²) < 4.78 is 34.0. The van der Waals surface area contributed by atoms with Crippen molar-refractivity contribution in [1.29, 1.82) is 0 Å². The number of thioether (sulfide) groups is 1. The van der Waals surface area contributed by atoms with Crippen molar-refractivity contribution in [2.24, 2.45) is 0 Å². The molecule has 0 aliphatic carbocycles. The van der Waals surface area contributed by atoms with E-state index in [-0.39, 0.29) is 34.9 Å². The molecular formula is C36H42O5SSi. The lowest BCUT2D eigenvalue weighted by molar-refractivity contribution is -0.320. The maximum atomic E-state index is 7.28. The van der Waals surface area contributed by atoms with Crippen LogP contribution in [0.2, 0.25) is 18.1 Å². The SMILES string of the molecule is CC(C)(C)[Si](C)(C)O[C@@H]1[C@H](OCc2ccc3ccccc3c2)[C@@H](Sc2ccccc2)O[C@@H]2COC(c3ccccc3)O[C@@H]12. The van der Waals surface area contributed by atoms with Crippen LogP contribution in [0.4, 0.5) is 0 Å². The molecule has 2 aliphatic heterocycles. The maximum absolute atomic E-state index is 7.28. The molecular weight excluding hydrogens is 573 g/mol. The summed E-state index contributed by atoms with van der Waals surface area (Å²) in [5.74, 6) is 0. The molecule has 0 bridgehead atoms. The van der Waals surface area contributed by atoms with E-state index in [1.807, 2.05) is 36.4 Å². The van der Waals surface area contributed by atoms with Gasteiger partial charge in [0, 0.05) is 10.5 Å². The molecule has 5 nitrogen and oxygen atoms in total. The largest absolute Gasteiger partial charge is 0.408 e. The number of benzene rings is 4. The number of hydrogen-bond acceptors (Lipinski definition) is 6. The highest BCUT2D eigenvalue weighted by atomic mass is 32.2. The highest BCUT2D eigenvalue weighted by molar-refractivity contribution is 7.99. The van der Waals surface area contributed by atoms with Gasteiger partial charge < -0.3 is 23.4 Å². The number of hydrogen-bond donors (Lipinski definition) is 0. The second-order valence-corrected chi connectivity index (χ2v) is 18.9. The zero-order valence-electron chi connectivity index (χ0n) is 25.6. The van der Waals surface area contributed by atoms with E-state index in [1.165, 1.54) is 10.8 Å². The fourth-order valence-corrected chi connectivity index (χ4v) is 7.85. The molecule has 7 heteroatoms. The van der Waals surface area contributed by atoms with Gasteiger partial charge in [0.2, 0.25) is 0 Å². The maximum Gasteiger partial charge on any atom is 0.192 e. The van der Waals surface area contributed by atoms with E-state index >= 15 is 0 Å². The summed E-state index contributed by atoms with van der Waals surface area (Å²) in [5, 5.41) is 2.43. The van der Waals surface area contributed by atoms with E-state index < -0.39 is 14.6 Å². The predicted molar refractivity (Wildman–Crippen MR) is 176 cm³/mol. The van der Waals surface area contributed by atoms with Crippen LogP contribution in [-0.4, -0.2) is 44.8 Å². The van der Waals surface area contributed by atoms with Crippen LogP contribution in [0.5, 0.6) is 0 Å². The summed E-state index contributed by atoms with van der Waals surface area (Å²) in [5.41, 5.74) is 1.80. The van der Waals surface area contributed by atoms with Gasteiger partial charge in [-0.05, 0) is 52.7 Å². The van der Waals surface area contributed by atoms with Gasteiger partial charge in [-0.15, -0.1) is 0 Å². The third kappa shape index (κ3) is 6.94. The average Bonchev–Trinajstić information content (AvgIpc) is 3.01. The lowest BCUT2D eigenvalue weighted by Crippen LogP contribution is -2.65. The van der Waals surface area contributed by atoms with Crippen LogP contribution in [0.15, 0.2) is 108 Å². The Morgan fingerprint density at radius 2 is 1.47 bits per heavy atom. The highest BCUT2D eigenvalue weighted by Gasteiger charge is 2.54. The molecule has 6 rings (SSSR count). The average molecular weight is 615 g/mol. The first-order valence-corrected chi connectivity index (χ1v) is 18.9. The molecule has 4 aromatic rings. The van der Waals surface area contributed by atoms with Crippen LogP contribution in [0.1, 0.15) is 38.2 Å². The third-order valence-corrected chi connectivity index (χ3v) is 14.5. The first kappa shape index (κ1) is 30.5. The predicted octanol–water partition coefficient (Wildman–Crippen LogP) is 8.75. The smallest absolute Gasteiger partial charge is 0.192 e. The molecule has 43 heavy (non-hydrogen) atoms. The van der Waals surface area contributed by atoms with Crippen molar-refractivity contribution < 1.29 is 23.4 Å². The Morgan fingerprint density at radius 3 is 2.19 bits per heavy atom. The molecule has 0 spiro atoms. The van der Waals surface area contributed by atoms with Crippen molar-refractivity contribution in [1.82, 2.24) is 0 Å². The Kier molecular flexibility index (Phi) is 9.13. The molecule has 0 radical (unpaired) electrons. The van der Waals surface area contributed by atoms with Crippen LogP contribution >= 0.6 is 11.8 Å². The number of rotatable bonds is 8. The Hall–Kier alpha value is -2.49. The quantitative estimate of drug-likeness (QED) is 0.185. The van der Waals surface area contributed by atoms with Gasteiger partial charge in [-0.2, -0.15) is 0 Å². The van der Waals surface area contributed by atoms with Crippen LogP contribution in [0, 0.1) is 0 Å². The molecule has 0 amide bonds. The van der Waals surface area contributed by atoms with E-state index in [0.717, 1.165) is 16.0 Å². The summed E-state index contributed by atoms with van der Waals surface area (Å²) in [6.07, 6.45) is -1.83. The molecule has 2 saturated heterocycles. The van der Waals surface area contributed by atoms with Gasteiger partial charge >= 0.3 is 0 Å². The highest BCUT2D eigenvalue weighted by Crippen LogP contribution is 2.45. The summed E-state index contributed by atoms with van der Waals surface area (Å²) in [4.78, 5) is 1.12. The Morgan fingerprint density at radius 1 is 0.791 bits per heavy atom. The third-order valence-electron chi connectivity index (χ3n) is 8.84. The Labute approximate surface area is 261 Å². The van der Waals surface area contributed by atoms with E-state index in [1.54, 1.807) is 11.8 Å². The van der Waals surface area contributed by atoms with E-state index in [0.29, 0.717) is 13.2 Å². The number of fused-ring (bicyclic) bond motifs is 2. The minimum atomic E-state index is -2.24. The summed E-state index contributed by atoms with van der Waals surface area (Å²) in [7, 11) is -2.24. The molecule has 0 N–H and O–H groups in total. The lowest BCUT2D eigenvalue weighted by Gasteiger charge is -2.52. The Balaban J connectivity index is 1.35. The molecule has 226 valence electrons. The second kappa shape index (κ2) is 12.9. The van der Waals surface area contributed by atoms with Gasteiger partial charge in [0.15, 0.2) is 14.6 Å². The van der Waals surface area contributed by atoms with E-state index in [2.05, 4.69) is 101 Å².